The molecule has 3 aromatic rings. The van der Waals surface area contributed by atoms with Crippen LogP contribution in [-0.2, 0) is 16.8 Å². The van der Waals surface area contributed by atoms with Crippen molar-refractivity contribution in [1.82, 2.24) is 14.7 Å². The smallest absolute Gasteiger partial charge is 0.139 e. The highest BCUT2D eigenvalue weighted by atomic mass is 35.5. The van der Waals surface area contributed by atoms with Crippen molar-refractivity contribution in [3.63, 3.8) is 0 Å². The molecule has 0 unspecified atom stereocenters. The fourth-order valence-electron chi connectivity index (χ4n) is 3.89. The highest BCUT2D eigenvalue weighted by Gasteiger charge is 2.40. The Morgan fingerprint density at radius 2 is 2.04 bits per heavy atom. The van der Waals surface area contributed by atoms with Crippen molar-refractivity contribution in [2.24, 2.45) is 0 Å². The third-order valence-corrected chi connectivity index (χ3v) is 6.49. The summed E-state index contributed by atoms with van der Waals surface area (Å²) >= 11 is 1.78. The third-order valence-electron chi connectivity index (χ3n) is 5.11. The maximum atomic E-state index is 13.7. The summed E-state index contributed by atoms with van der Waals surface area (Å²) in [5.74, 6) is -0.249. The lowest BCUT2D eigenvalue weighted by Gasteiger charge is -2.40. The molecule has 26 heavy (non-hydrogen) atoms. The van der Waals surface area contributed by atoms with Crippen molar-refractivity contribution >= 4 is 41.8 Å². The van der Waals surface area contributed by atoms with Crippen LogP contribution in [0.4, 0.5) is 4.39 Å². The van der Waals surface area contributed by atoms with Gasteiger partial charge in [0.25, 0.3) is 0 Å². The van der Waals surface area contributed by atoms with Crippen LogP contribution in [0.1, 0.15) is 23.3 Å². The Morgan fingerprint density at radius 3 is 2.85 bits per heavy atom. The van der Waals surface area contributed by atoms with Crippen LogP contribution >= 0.6 is 36.2 Å². The zero-order valence-electron chi connectivity index (χ0n) is 14.0. The number of hydrogen-bond acceptors (Lipinski definition) is 4. The molecule has 0 atom stereocenters. The highest BCUT2D eigenvalue weighted by molar-refractivity contribution is 7.15. The molecule has 0 saturated carbocycles. The van der Waals surface area contributed by atoms with Gasteiger partial charge in [0.15, 0.2) is 0 Å². The topological polar surface area (TPSA) is 38.6 Å². The van der Waals surface area contributed by atoms with Crippen LogP contribution in [0.5, 0.6) is 0 Å². The summed E-state index contributed by atoms with van der Waals surface area (Å²) < 4.78 is 21.7. The van der Waals surface area contributed by atoms with Crippen LogP contribution in [0.3, 0.4) is 0 Å². The molecule has 5 heterocycles. The van der Waals surface area contributed by atoms with Crippen molar-refractivity contribution in [3.05, 3.63) is 46.9 Å². The minimum absolute atomic E-state index is 0. The Balaban J connectivity index is 0.000000980. The van der Waals surface area contributed by atoms with Gasteiger partial charge in [0, 0.05) is 11.1 Å². The molecular weight excluding hydrogens is 396 g/mol. The van der Waals surface area contributed by atoms with Crippen LogP contribution in [0.25, 0.3) is 16.2 Å². The number of rotatable bonds is 1. The van der Waals surface area contributed by atoms with Gasteiger partial charge in [-0.15, -0.1) is 36.2 Å². The summed E-state index contributed by atoms with van der Waals surface area (Å²) in [5.41, 5.74) is 2.97. The molecule has 0 amide bonds. The van der Waals surface area contributed by atoms with E-state index in [-0.39, 0.29) is 36.2 Å². The zero-order valence-corrected chi connectivity index (χ0v) is 16.5. The molecule has 1 spiro atoms. The first-order valence-corrected chi connectivity index (χ1v) is 9.18. The maximum Gasteiger partial charge on any atom is 0.139 e. The van der Waals surface area contributed by atoms with Gasteiger partial charge >= 0.3 is 0 Å². The molecule has 2 aliphatic rings. The minimum atomic E-state index is -0.249. The number of piperidine rings is 1. The number of halogens is 3. The van der Waals surface area contributed by atoms with Crippen molar-refractivity contribution in [2.75, 3.05) is 19.7 Å². The Hall–Kier alpha value is -1.18. The fourth-order valence-corrected chi connectivity index (χ4v) is 5.31. The predicted octanol–water partition coefficient (Wildman–Crippen LogP) is 4.20. The quantitative estimate of drug-likeness (QED) is 0.647. The van der Waals surface area contributed by atoms with E-state index in [0.717, 1.165) is 55.2 Å². The van der Waals surface area contributed by atoms with Gasteiger partial charge in [-0.25, -0.2) is 9.37 Å². The van der Waals surface area contributed by atoms with E-state index in [2.05, 4.69) is 16.4 Å². The van der Waals surface area contributed by atoms with Gasteiger partial charge in [-0.2, -0.15) is 0 Å². The molecule has 1 N–H and O–H groups in total. The SMILES string of the molecule is Cl.Cl.Fc1ccc2ncc(-c3cc4c(s3)C3(CCNCC3)OCC4)n2c1. The first kappa shape index (κ1) is 19.6. The number of thiophene rings is 1. The number of hydrogen-bond donors (Lipinski definition) is 1. The summed E-state index contributed by atoms with van der Waals surface area (Å²) in [6.45, 7) is 2.77. The first-order chi connectivity index (χ1) is 11.8. The van der Waals surface area contributed by atoms with Crippen molar-refractivity contribution < 1.29 is 9.13 Å². The van der Waals surface area contributed by atoms with E-state index in [4.69, 9.17) is 4.74 Å². The van der Waals surface area contributed by atoms with E-state index in [1.54, 1.807) is 17.4 Å². The Bertz CT molecular complexity index is 920. The number of ether oxygens (including phenoxy) is 1. The molecule has 3 aromatic heterocycles. The standard InChI is InChI=1S/C18H18FN3OS.2ClH/c19-13-1-2-16-21-10-14(22(16)11-13)15-9-12-3-8-23-18(17(12)24-15)4-6-20-7-5-18;;/h1-2,9-11,20H,3-8H2;2*1H. The van der Waals surface area contributed by atoms with Crippen molar-refractivity contribution in [1.29, 1.82) is 0 Å². The van der Waals surface area contributed by atoms with E-state index in [1.807, 2.05) is 10.6 Å². The zero-order chi connectivity index (χ0) is 16.1. The third kappa shape index (κ3) is 3.04. The number of nitrogens with zero attached hydrogens (tertiary/aromatic N) is 2. The van der Waals surface area contributed by atoms with E-state index in [9.17, 15) is 4.39 Å². The largest absolute Gasteiger partial charge is 0.369 e. The van der Waals surface area contributed by atoms with Crippen LogP contribution < -0.4 is 5.32 Å². The van der Waals surface area contributed by atoms with Gasteiger partial charge in [0.2, 0.25) is 0 Å². The van der Waals surface area contributed by atoms with Crippen molar-refractivity contribution in [3.8, 4) is 10.6 Å². The van der Waals surface area contributed by atoms with Crippen LogP contribution in [0, 0.1) is 5.82 Å². The lowest BCUT2D eigenvalue weighted by molar-refractivity contribution is -0.0771. The van der Waals surface area contributed by atoms with Gasteiger partial charge in [-0.1, -0.05) is 0 Å². The summed E-state index contributed by atoms with van der Waals surface area (Å²) in [6.07, 6.45) is 6.32. The van der Waals surface area contributed by atoms with Crippen LogP contribution in [0.2, 0.25) is 0 Å². The Morgan fingerprint density at radius 1 is 1.23 bits per heavy atom. The van der Waals surface area contributed by atoms with Gasteiger partial charge in [0.05, 0.1) is 23.4 Å². The second-order valence-electron chi connectivity index (χ2n) is 6.53. The summed E-state index contributed by atoms with van der Waals surface area (Å²) in [7, 11) is 0. The van der Waals surface area contributed by atoms with E-state index >= 15 is 0 Å². The van der Waals surface area contributed by atoms with Crippen LogP contribution in [0.15, 0.2) is 30.6 Å². The van der Waals surface area contributed by atoms with Gasteiger partial charge in [-0.3, -0.25) is 4.40 Å². The first-order valence-electron chi connectivity index (χ1n) is 8.36. The van der Waals surface area contributed by atoms with Crippen molar-refractivity contribution in [2.45, 2.75) is 24.9 Å². The number of imidazole rings is 1. The molecule has 1 saturated heterocycles. The molecule has 140 valence electrons. The highest BCUT2D eigenvalue weighted by Crippen LogP contribution is 2.46. The van der Waals surface area contributed by atoms with Gasteiger partial charge in [0.1, 0.15) is 17.1 Å². The second kappa shape index (κ2) is 7.44. The number of pyridine rings is 1. The Kier molecular flexibility index (Phi) is 5.61. The van der Waals surface area contributed by atoms with E-state index in [1.165, 1.54) is 22.7 Å². The van der Waals surface area contributed by atoms with E-state index in [0.29, 0.717) is 0 Å². The molecule has 0 aliphatic carbocycles. The Labute approximate surface area is 167 Å². The van der Waals surface area contributed by atoms with Gasteiger partial charge < -0.3 is 10.1 Å². The lowest BCUT2D eigenvalue weighted by Crippen LogP contribution is -2.43. The average molecular weight is 416 g/mol. The second-order valence-corrected chi connectivity index (χ2v) is 7.58. The van der Waals surface area contributed by atoms with E-state index < -0.39 is 0 Å². The minimum Gasteiger partial charge on any atom is -0.369 e. The number of fused-ring (bicyclic) bond motifs is 3. The maximum absolute atomic E-state index is 13.7. The molecule has 4 nitrogen and oxygen atoms in total. The lowest BCUT2D eigenvalue weighted by atomic mass is 9.86. The summed E-state index contributed by atoms with van der Waals surface area (Å²) in [4.78, 5) is 6.91. The number of nitrogens with one attached hydrogen (secondary N) is 1. The molecular formula is C18H20Cl2FN3OS. The molecule has 0 bridgehead atoms. The fraction of sp³-hybridized carbons (Fsp3) is 0.389. The average Bonchev–Trinajstić information content (AvgIpc) is 3.20. The molecule has 1 fully saturated rings. The molecule has 5 rings (SSSR count). The predicted molar refractivity (Wildman–Crippen MR) is 106 cm³/mol. The molecule has 0 aromatic carbocycles. The van der Waals surface area contributed by atoms with Gasteiger partial charge in [-0.05, 0) is 56.1 Å². The normalized spacial score (nSPS) is 18.2. The number of aromatic nitrogens is 2. The molecule has 8 heteroatoms. The summed E-state index contributed by atoms with van der Waals surface area (Å²) in [5, 5.41) is 3.42. The molecule has 2 aliphatic heterocycles. The summed E-state index contributed by atoms with van der Waals surface area (Å²) in [6, 6.07) is 5.41. The molecule has 0 radical (unpaired) electrons. The monoisotopic (exact) mass is 415 g/mol. The van der Waals surface area contributed by atoms with Crippen LogP contribution in [-0.4, -0.2) is 29.1 Å².